The highest BCUT2D eigenvalue weighted by Crippen LogP contribution is 2.55. The van der Waals surface area contributed by atoms with Crippen LogP contribution in [0, 0.1) is 11.7 Å². The quantitative estimate of drug-likeness (QED) is 0.522. The zero-order valence-corrected chi connectivity index (χ0v) is 22.3. The van der Waals surface area contributed by atoms with Crippen molar-refractivity contribution in [2.24, 2.45) is 5.92 Å². The summed E-state index contributed by atoms with van der Waals surface area (Å²) in [7, 11) is -3.82. The number of halogens is 1. The van der Waals surface area contributed by atoms with Crippen molar-refractivity contribution in [1.29, 1.82) is 0 Å². The van der Waals surface area contributed by atoms with E-state index in [0.717, 1.165) is 31.7 Å². The van der Waals surface area contributed by atoms with E-state index in [9.17, 15) is 32.6 Å². The third-order valence-corrected chi connectivity index (χ3v) is 9.14. The van der Waals surface area contributed by atoms with Crippen molar-refractivity contribution >= 4 is 33.8 Å². The number of benzene rings is 2. The molecule has 2 aromatic rings. The molecule has 1 saturated heterocycles. The number of anilines is 1. The largest absolute Gasteiger partial charge is 0.492 e. The summed E-state index contributed by atoms with van der Waals surface area (Å²) in [6.45, 7) is 3.48. The Balaban J connectivity index is 1.56. The van der Waals surface area contributed by atoms with Crippen LogP contribution in [0.3, 0.4) is 0 Å². The van der Waals surface area contributed by atoms with Gasteiger partial charge in [0.2, 0.25) is 0 Å². The van der Waals surface area contributed by atoms with E-state index in [1.807, 2.05) is 4.90 Å². The van der Waals surface area contributed by atoms with Crippen LogP contribution in [0.1, 0.15) is 47.2 Å². The first-order chi connectivity index (χ1) is 18.4. The third-order valence-electron chi connectivity index (χ3n) is 7.39. The zero-order chi connectivity index (χ0) is 28.1. The molecule has 1 saturated carbocycles. The van der Waals surface area contributed by atoms with Gasteiger partial charge in [0.15, 0.2) is 0 Å². The second-order valence-electron chi connectivity index (χ2n) is 10.4. The van der Waals surface area contributed by atoms with E-state index in [0.29, 0.717) is 38.2 Å². The number of carboxylic acid groups (broad SMARTS) is 1. The standard InChI is InChI=1S/C27H29FN2O8S/c1-27(34)9-11-29(15-27)10-3-4-16-12-18(28)5-8-22(16)39(35,36)30(26(33)37-2)21-7-6-19-20-13-17(20)14-38-24(19)23(21)25(31)32/h3-8,12,17,20,34H,9-11,13-15H2,1-2H3,(H,31,32)/b4-3-/t17-,20-,27?/m0/s1. The number of carbonyl (C=O) groups excluding carboxylic acids is 1. The van der Waals surface area contributed by atoms with E-state index >= 15 is 0 Å². The second-order valence-corrected chi connectivity index (χ2v) is 12.2. The number of rotatable bonds is 7. The van der Waals surface area contributed by atoms with Gasteiger partial charge in [0, 0.05) is 25.6 Å². The number of fused-ring (bicyclic) bond motifs is 3. The van der Waals surface area contributed by atoms with Crippen molar-refractivity contribution in [1.82, 2.24) is 4.90 Å². The molecule has 1 amide bonds. The topological polar surface area (TPSA) is 134 Å². The van der Waals surface area contributed by atoms with Gasteiger partial charge in [-0.3, -0.25) is 4.90 Å². The third kappa shape index (κ3) is 5.11. The summed E-state index contributed by atoms with van der Waals surface area (Å²) in [6.07, 6.45) is 3.15. The summed E-state index contributed by atoms with van der Waals surface area (Å²) < 4.78 is 53.0. The lowest BCUT2D eigenvalue weighted by Gasteiger charge is -2.26. The van der Waals surface area contributed by atoms with Gasteiger partial charge in [-0.1, -0.05) is 18.2 Å². The Morgan fingerprint density at radius 1 is 1.31 bits per heavy atom. The number of methoxy groups -OCH3 is 1. The molecule has 0 spiro atoms. The Labute approximate surface area is 225 Å². The van der Waals surface area contributed by atoms with Gasteiger partial charge in [-0.15, -0.1) is 0 Å². The van der Waals surface area contributed by atoms with E-state index in [1.165, 1.54) is 12.1 Å². The minimum absolute atomic E-state index is 0.0311. The summed E-state index contributed by atoms with van der Waals surface area (Å²) in [5.41, 5.74) is -1.11. The molecule has 5 rings (SSSR count). The first-order valence-corrected chi connectivity index (χ1v) is 13.9. The van der Waals surface area contributed by atoms with Gasteiger partial charge in [0.25, 0.3) is 10.0 Å². The number of amides is 1. The molecule has 39 heavy (non-hydrogen) atoms. The van der Waals surface area contributed by atoms with Crippen LogP contribution in [0.2, 0.25) is 0 Å². The lowest BCUT2D eigenvalue weighted by atomic mass is 10.00. The van der Waals surface area contributed by atoms with E-state index in [4.69, 9.17) is 9.47 Å². The van der Waals surface area contributed by atoms with Crippen LogP contribution in [0.15, 0.2) is 41.3 Å². The Kier molecular flexibility index (Phi) is 6.90. The number of hydrogen-bond donors (Lipinski definition) is 2. The lowest BCUT2D eigenvalue weighted by molar-refractivity contribution is 0.0688. The minimum atomic E-state index is -4.80. The number of likely N-dealkylation sites (tertiary alicyclic amines) is 1. The Morgan fingerprint density at radius 3 is 2.74 bits per heavy atom. The molecule has 2 fully saturated rings. The molecule has 2 N–H and O–H groups in total. The summed E-state index contributed by atoms with van der Waals surface area (Å²) in [5, 5.41) is 20.2. The fraction of sp³-hybridized carbons (Fsp3) is 0.407. The van der Waals surface area contributed by atoms with Gasteiger partial charge >= 0.3 is 12.1 Å². The maximum atomic E-state index is 14.2. The van der Waals surface area contributed by atoms with Gasteiger partial charge in [0.05, 0.1) is 29.9 Å². The molecule has 2 aliphatic heterocycles. The number of ether oxygens (including phenoxy) is 2. The molecule has 0 bridgehead atoms. The predicted octanol–water partition coefficient (Wildman–Crippen LogP) is 3.45. The number of sulfonamides is 1. The highest BCUT2D eigenvalue weighted by Gasteiger charge is 2.47. The van der Waals surface area contributed by atoms with Gasteiger partial charge in [-0.2, -0.15) is 4.31 Å². The highest BCUT2D eigenvalue weighted by molar-refractivity contribution is 7.93. The monoisotopic (exact) mass is 560 g/mol. The fourth-order valence-electron chi connectivity index (χ4n) is 5.33. The Morgan fingerprint density at radius 2 is 2.08 bits per heavy atom. The molecule has 208 valence electrons. The summed E-state index contributed by atoms with van der Waals surface area (Å²) in [6, 6.07) is 5.81. The molecule has 1 aliphatic carbocycles. The summed E-state index contributed by atoms with van der Waals surface area (Å²) >= 11 is 0. The number of hydrogen-bond acceptors (Lipinski definition) is 8. The average Bonchev–Trinajstić information content (AvgIpc) is 3.59. The lowest BCUT2D eigenvalue weighted by Crippen LogP contribution is -2.38. The predicted molar refractivity (Wildman–Crippen MR) is 139 cm³/mol. The summed E-state index contributed by atoms with van der Waals surface area (Å²) in [5.74, 6) is -1.73. The van der Waals surface area contributed by atoms with Gasteiger partial charge < -0.3 is 19.7 Å². The number of carboxylic acids is 1. The van der Waals surface area contributed by atoms with Crippen LogP contribution < -0.4 is 9.04 Å². The number of β-amino-alcohol motifs (C(OH)–C–C–N with tert-alkyl or cyclic N) is 1. The number of aromatic carboxylic acids is 1. The molecule has 2 heterocycles. The molecule has 10 nitrogen and oxygen atoms in total. The molecule has 1 unspecified atom stereocenters. The van der Waals surface area contributed by atoms with Crippen LogP contribution in [0.4, 0.5) is 14.9 Å². The van der Waals surface area contributed by atoms with Crippen molar-refractivity contribution in [3.05, 3.63) is 58.9 Å². The van der Waals surface area contributed by atoms with Crippen LogP contribution >= 0.6 is 0 Å². The normalized spacial score (nSPS) is 24.1. The molecular formula is C27H29FN2O8S. The van der Waals surface area contributed by atoms with Crippen LogP contribution in [-0.2, 0) is 14.8 Å². The van der Waals surface area contributed by atoms with E-state index in [1.54, 1.807) is 19.1 Å². The smallest absolute Gasteiger partial charge is 0.428 e. The van der Waals surface area contributed by atoms with E-state index in [-0.39, 0.29) is 27.5 Å². The number of nitrogens with zero attached hydrogens (tertiary/aromatic N) is 2. The maximum Gasteiger partial charge on any atom is 0.428 e. The van der Waals surface area contributed by atoms with E-state index in [2.05, 4.69) is 0 Å². The first-order valence-electron chi connectivity index (χ1n) is 12.5. The van der Waals surface area contributed by atoms with Crippen molar-refractivity contribution in [3.8, 4) is 5.75 Å². The summed E-state index contributed by atoms with van der Waals surface area (Å²) in [4.78, 5) is 26.9. The minimum Gasteiger partial charge on any atom is -0.492 e. The van der Waals surface area contributed by atoms with Crippen molar-refractivity contribution in [2.45, 2.75) is 36.2 Å². The SMILES string of the molecule is COC(=O)N(c1ccc2c(c1C(=O)O)OC[C@@H]1C[C@H]21)S(=O)(=O)c1ccc(F)cc1/C=C\CN1CCC(C)(O)C1. The van der Waals surface area contributed by atoms with E-state index < -0.39 is 49.7 Å². The van der Waals surface area contributed by atoms with Crippen molar-refractivity contribution in [2.75, 3.05) is 37.7 Å². The molecule has 0 radical (unpaired) electrons. The zero-order valence-electron chi connectivity index (χ0n) is 21.5. The molecule has 3 atom stereocenters. The van der Waals surface area contributed by atoms with Gasteiger partial charge in [-0.25, -0.2) is 22.4 Å². The molecule has 12 heteroatoms. The molecule has 3 aliphatic rings. The molecule has 2 aromatic carbocycles. The second kappa shape index (κ2) is 9.92. The first kappa shape index (κ1) is 27.1. The Bertz CT molecular complexity index is 1470. The van der Waals surface area contributed by atoms with Crippen LogP contribution in [0.25, 0.3) is 6.08 Å². The van der Waals surface area contributed by atoms with Crippen LogP contribution in [-0.4, -0.2) is 74.5 Å². The molecule has 0 aromatic heterocycles. The van der Waals surface area contributed by atoms with Gasteiger partial charge in [-0.05, 0) is 61.1 Å². The average molecular weight is 561 g/mol. The molecular weight excluding hydrogens is 531 g/mol. The maximum absolute atomic E-state index is 14.2. The number of carbonyl (C=O) groups is 2. The van der Waals surface area contributed by atoms with Crippen molar-refractivity contribution < 1.29 is 42.1 Å². The fourth-order valence-corrected chi connectivity index (χ4v) is 6.87. The Hall–Kier alpha value is -3.48. The van der Waals surface area contributed by atoms with Crippen molar-refractivity contribution in [3.63, 3.8) is 0 Å². The number of aliphatic hydroxyl groups is 1. The van der Waals surface area contributed by atoms with Crippen LogP contribution in [0.5, 0.6) is 5.75 Å². The highest BCUT2D eigenvalue weighted by atomic mass is 32.2. The van der Waals surface area contributed by atoms with Gasteiger partial charge in [0.1, 0.15) is 17.1 Å².